The number of rotatable bonds is 3. The molecule has 1 aromatic carbocycles. The lowest BCUT2D eigenvalue weighted by atomic mass is 10.2. The number of likely N-dealkylation sites (N-methyl/N-ethyl adjacent to an activating group) is 1. The Bertz CT molecular complexity index is 848. The minimum atomic E-state index is -0.354. The molecule has 24 heavy (non-hydrogen) atoms. The quantitative estimate of drug-likeness (QED) is 0.788. The predicted molar refractivity (Wildman–Crippen MR) is 95.4 cm³/mol. The smallest absolute Gasteiger partial charge is 0.266 e. The number of hydrogen-bond acceptors (Lipinski definition) is 4. The van der Waals surface area contributed by atoms with E-state index in [9.17, 15) is 9.18 Å². The van der Waals surface area contributed by atoms with Gasteiger partial charge in [-0.1, -0.05) is 24.3 Å². The number of halogens is 1. The molecule has 2 aromatic rings. The fourth-order valence-electron chi connectivity index (χ4n) is 2.29. The molecule has 0 spiro atoms. The Balaban J connectivity index is 1.96. The topological polar surface area (TPSA) is 45.6 Å². The number of benzene rings is 1. The molecule has 122 valence electrons. The summed E-state index contributed by atoms with van der Waals surface area (Å²) in [6, 6.07) is 11.9. The van der Waals surface area contributed by atoms with Gasteiger partial charge in [0.15, 0.2) is 11.0 Å². The summed E-state index contributed by atoms with van der Waals surface area (Å²) in [5.74, 6) is 0.0280. The lowest BCUT2D eigenvalue weighted by Crippen LogP contribution is -2.28. The molecule has 1 aliphatic rings. The standard InChI is InChI=1S/C18H16FN3OS/c1-3-22-17(23)15(11-13-8-4-5-9-14(13)19)24-18(22)21-16-10-6-7-12(2)20-16/h4-11H,3H2,1-2H3/b15-11-,21-18+. The van der Waals surface area contributed by atoms with Crippen molar-refractivity contribution in [3.8, 4) is 0 Å². The van der Waals surface area contributed by atoms with E-state index in [-0.39, 0.29) is 11.7 Å². The second kappa shape index (κ2) is 6.97. The Hall–Kier alpha value is -2.47. The largest absolute Gasteiger partial charge is 0.287 e. The number of aromatic nitrogens is 1. The summed E-state index contributed by atoms with van der Waals surface area (Å²) < 4.78 is 13.8. The fraction of sp³-hybridized carbons (Fsp3) is 0.167. The van der Waals surface area contributed by atoms with Crippen LogP contribution >= 0.6 is 11.8 Å². The number of hydrogen-bond donors (Lipinski definition) is 0. The maximum atomic E-state index is 13.8. The molecule has 1 aromatic heterocycles. The number of nitrogens with zero attached hydrogens (tertiary/aromatic N) is 3. The number of amides is 1. The molecule has 2 heterocycles. The number of aliphatic imine (C=N–C) groups is 1. The zero-order chi connectivity index (χ0) is 17.1. The number of pyridine rings is 1. The zero-order valence-corrected chi connectivity index (χ0v) is 14.2. The third-order valence-corrected chi connectivity index (χ3v) is 4.49. The lowest BCUT2D eigenvalue weighted by molar-refractivity contribution is -0.122. The van der Waals surface area contributed by atoms with Crippen LogP contribution in [0.2, 0.25) is 0 Å². The molecule has 1 fully saturated rings. The van der Waals surface area contributed by atoms with Crippen LogP contribution in [0, 0.1) is 12.7 Å². The Morgan fingerprint density at radius 2 is 2.04 bits per heavy atom. The highest BCUT2D eigenvalue weighted by atomic mass is 32.2. The van der Waals surface area contributed by atoms with Gasteiger partial charge in [0.2, 0.25) is 0 Å². The molecule has 4 nitrogen and oxygen atoms in total. The summed E-state index contributed by atoms with van der Waals surface area (Å²) in [7, 11) is 0. The van der Waals surface area contributed by atoms with Crippen molar-refractivity contribution in [2.45, 2.75) is 13.8 Å². The van der Waals surface area contributed by atoms with Crippen molar-refractivity contribution >= 4 is 34.7 Å². The highest BCUT2D eigenvalue weighted by Gasteiger charge is 2.32. The van der Waals surface area contributed by atoms with Crippen molar-refractivity contribution in [2.24, 2.45) is 4.99 Å². The zero-order valence-electron chi connectivity index (χ0n) is 13.4. The molecule has 3 rings (SSSR count). The summed E-state index contributed by atoms with van der Waals surface area (Å²) in [5.41, 5.74) is 1.25. The molecule has 0 saturated carbocycles. The van der Waals surface area contributed by atoms with Gasteiger partial charge in [-0.3, -0.25) is 9.69 Å². The van der Waals surface area contributed by atoms with Crippen LogP contribution in [0.4, 0.5) is 10.2 Å². The van der Waals surface area contributed by atoms with E-state index in [4.69, 9.17) is 0 Å². The molecule has 0 radical (unpaired) electrons. The Labute approximate surface area is 144 Å². The highest BCUT2D eigenvalue weighted by Crippen LogP contribution is 2.33. The fourth-order valence-corrected chi connectivity index (χ4v) is 3.33. The normalized spacial score (nSPS) is 18.0. The average Bonchev–Trinajstić information content (AvgIpc) is 2.84. The maximum absolute atomic E-state index is 13.8. The number of carbonyl (C=O) groups excluding carboxylic acids is 1. The molecule has 1 aliphatic heterocycles. The van der Waals surface area contributed by atoms with Crippen LogP contribution in [0.3, 0.4) is 0 Å². The monoisotopic (exact) mass is 341 g/mol. The van der Waals surface area contributed by atoms with Crippen LogP contribution in [0.1, 0.15) is 18.2 Å². The summed E-state index contributed by atoms with van der Waals surface area (Å²) in [5, 5.41) is 0.559. The Morgan fingerprint density at radius 1 is 1.25 bits per heavy atom. The second-order valence-electron chi connectivity index (χ2n) is 5.21. The van der Waals surface area contributed by atoms with Gasteiger partial charge in [0.25, 0.3) is 5.91 Å². The number of carbonyl (C=O) groups is 1. The minimum Gasteiger partial charge on any atom is -0.287 e. The number of amidine groups is 1. The van der Waals surface area contributed by atoms with E-state index in [2.05, 4.69) is 9.98 Å². The molecule has 0 bridgehead atoms. The summed E-state index contributed by atoms with van der Waals surface area (Å²) >= 11 is 1.24. The third kappa shape index (κ3) is 3.38. The first-order valence-corrected chi connectivity index (χ1v) is 8.38. The van der Waals surface area contributed by atoms with Gasteiger partial charge in [0.05, 0.1) is 4.91 Å². The molecule has 1 amide bonds. The van der Waals surface area contributed by atoms with Crippen molar-refractivity contribution in [2.75, 3.05) is 6.54 Å². The van der Waals surface area contributed by atoms with Crippen LogP contribution in [-0.2, 0) is 4.79 Å². The number of thioether (sulfide) groups is 1. The molecular weight excluding hydrogens is 325 g/mol. The molecule has 0 unspecified atom stereocenters. The van der Waals surface area contributed by atoms with E-state index in [1.807, 2.05) is 26.0 Å². The van der Waals surface area contributed by atoms with Crippen LogP contribution in [0.15, 0.2) is 52.4 Å². The molecule has 0 atom stereocenters. The lowest BCUT2D eigenvalue weighted by Gasteiger charge is -2.11. The van der Waals surface area contributed by atoms with Gasteiger partial charge < -0.3 is 0 Å². The van der Waals surface area contributed by atoms with E-state index >= 15 is 0 Å². The van der Waals surface area contributed by atoms with E-state index in [1.54, 1.807) is 35.2 Å². The summed E-state index contributed by atoms with van der Waals surface area (Å²) in [6.07, 6.45) is 1.57. The van der Waals surface area contributed by atoms with E-state index < -0.39 is 0 Å². The van der Waals surface area contributed by atoms with E-state index in [0.717, 1.165) is 5.69 Å². The van der Waals surface area contributed by atoms with Crippen molar-refractivity contribution in [1.29, 1.82) is 0 Å². The van der Waals surface area contributed by atoms with Crippen LogP contribution in [0.25, 0.3) is 6.08 Å². The van der Waals surface area contributed by atoms with Crippen LogP contribution in [-0.4, -0.2) is 27.5 Å². The van der Waals surface area contributed by atoms with Crippen molar-refractivity contribution in [3.63, 3.8) is 0 Å². The van der Waals surface area contributed by atoms with Crippen LogP contribution in [0.5, 0.6) is 0 Å². The first-order valence-electron chi connectivity index (χ1n) is 7.57. The summed E-state index contributed by atoms with van der Waals surface area (Å²) in [6.45, 7) is 4.26. The van der Waals surface area contributed by atoms with Crippen molar-refractivity contribution < 1.29 is 9.18 Å². The highest BCUT2D eigenvalue weighted by molar-refractivity contribution is 8.18. The molecule has 0 N–H and O–H groups in total. The van der Waals surface area contributed by atoms with Crippen molar-refractivity contribution in [1.82, 2.24) is 9.88 Å². The predicted octanol–water partition coefficient (Wildman–Crippen LogP) is 4.15. The minimum absolute atomic E-state index is 0.169. The van der Waals surface area contributed by atoms with Gasteiger partial charge in [-0.15, -0.1) is 0 Å². The molecule has 1 saturated heterocycles. The van der Waals surface area contributed by atoms with Gasteiger partial charge in [0.1, 0.15) is 5.82 Å². The molecule has 6 heteroatoms. The van der Waals surface area contributed by atoms with Gasteiger partial charge in [-0.2, -0.15) is 0 Å². The van der Waals surface area contributed by atoms with Crippen molar-refractivity contribution in [3.05, 3.63) is 64.4 Å². The van der Waals surface area contributed by atoms with Crippen LogP contribution < -0.4 is 0 Å². The van der Waals surface area contributed by atoms with Gasteiger partial charge in [-0.25, -0.2) is 14.4 Å². The van der Waals surface area contributed by atoms with E-state index in [0.29, 0.717) is 28.0 Å². The Morgan fingerprint density at radius 3 is 2.75 bits per heavy atom. The maximum Gasteiger partial charge on any atom is 0.266 e. The van der Waals surface area contributed by atoms with E-state index in [1.165, 1.54) is 17.8 Å². The molecule has 0 aliphatic carbocycles. The first kappa shape index (κ1) is 16.4. The van der Waals surface area contributed by atoms with Gasteiger partial charge >= 0.3 is 0 Å². The summed E-state index contributed by atoms with van der Waals surface area (Å²) in [4.78, 5) is 23.4. The number of aryl methyl sites for hydroxylation is 1. The average molecular weight is 341 g/mol. The van der Waals surface area contributed by atoms with Gasteiger partial charge in [0, 0.05) is 17.8 Å². The second-order valence-corrected chi connectivity index (χ2v) is 6.22. The SMILES string of the molecule is CCN1C(=O)/C(=C/c2ccccc2F)S/C1=N/c1cccc(C)n1. The van der Waals surface area contributed by atoms with Gasteiger partial charge in [-0.05, 0) is 49.9 Å². The molecular formula is C18H16FN3OS. The first-order chi connectivity index (χ1) is 11.6. The Kier molecular flexibility index (Phi) is 4.76. The third-order valence-electron chi connectivity index (χ3n) is 3.48.